The van der Waals surface area contributed by atoms with E-state index in [4.69, 9.17) is 9.84 Å². The van der Waals surface area contributed by atoms with Crippen molar-refractivity contribution in [3.63, 3.8) is 0 Å². The van der Waals surface area contributed by atoms with Gasteiger partial charge in [0.25, 0.3) is 0 Å². The van der Waals surface area contributed by atoms with Crippen molar-refractivity contribution < 1.29 is 19.0 Å². The van der Waals surface area contributed by atoms with Gasteiger partial charge < -0.3 is 20.1 Å². The highest BCUT2D eigenvalue weighted by Gasteiger charge is 2.23. The molecule has 1 saturated heterocycles. The molecule has 1 fully saturated rings. The van der Waals surface area contributed by atoms with Gasteiger partial charge >= 0.3 is 6.09 Å². The van der Waals surface area contributed by atoms with E-state index in [0.717, 1.165) is 18.4 Å². The van der Waals surface area contributed by atoms with Gasteiger partial charge in [-0.1, -0.05) is 6.07 Å². The summed E-state index contributed by atoms with van der Waals surface area (Å²) in [6, 6.07) is 5.10. The summed E-state index contributed by atoms with van der Waals surface area (Å²) in [6.07, 6.45) is 1.49. The third-order valence-corrected chi connectivity index (χ3v) is 3.90. The van der Waals surface area contributed by atoms with Crippen LogP contribution in [0.4, 0.5) is 9.18 Å². The van der Waals surface area contributed by atoms with Crippen molar-refractivity contribution in [2.45, 2.75) is 39.0 Å². The molecule has 1 aromatic carbocycles. The number of amides is 1. The number of nitrogens with one attached hydrogen (secondary N) is 1. The van der Waals surface area contributed by atoms with Crippen LogP contribution in [0.25, 0.3) is 0 Å². The third-order valence-electron chi connectivity index (χ3n) is 3.90. The molecule has 0 radical (unpaired) electrons. The molecule has 22 heavy (non-hydrogen) atoms. The largest absolute Gasteiger partial charge is 0.450 e. The Bertz CT molecular complexity index is 502. The van der Waals surface area contributed by atoms with Gasteiger partial charge in [-0.2, -0.15) is 0 Å². The minimum atomic E-state index is -0.381. The summed E-state index contributed by atoms with van der Waals surface area (Å²) in [6.45, 7) is 3.89. The Morgan fingerprint density at radius 3 is 2.82 bits per heavy atom. The number of piperidine rings is 1. The summed E-state index contributed by atoms with van der Waals surface area (Å²) in [7, 11) is 0. The van der Waals surface area contributed by atoms with Crippen LogP contribution in [0.3, 0.4) is 0 Å². The summed E-state index contributed by atoms with van der Waals surface area (Å²) >= 11 is 0. The highest BCUT2D eigenvalue weighted by atomic mass is 19.1. The minimum Gasteiger partial charge on any atom is -0.450 e. The molecule has 0 bridgehead atoms. The maximum atomic E-state index is 13.3. The quantitative estimate of drug-likeness (QED) is 0.873. The van der Waals surface area contributed by atoms with Gasteiger partial charge in [-0.25, -0.2) is 9.18 Å². The first-order valence-electron chi connectivity index (χ1n) is 7.67. The number of halogens is 1. The van der Waals surface area contributed by atoms with Crippen LogP contribution >= 0.6 is 0 Å². The fourth-order valence-corrected chi connectivity index (χ4v) is 2.60. The SMILES string of the molecule is CCOC(=O)N1CCC(NCc2ccc(F)c(CO)c2)CC1. The first-order valence-corrected chi connectivity index (χ1v) is 7.67. The number of ether oxygens (including phenoxy) is 1. The smallest absolute Gasteiger partial charge is 0.409 e. The fourth-order valence-electron chi connectivity index (χ4n) is 2.60. The normalized spacial score (nSPS) is 15.9. The summed E-state index contributed by atoms with van der Waals surface area (Å²) < 4.78 is 18.3. The monoisotopic (exact) mass is 310 g/mol. The molecule has 0 atom stereocenters. The molecule has 1 amide bonds. The van der Waals surface area contributed by atoms with Crippen molar-refractivity contribution >= 4 is 6.09 Å². The molecule has 1 aliphatic heterocycles. The van der Waals surface area contributed by atoms with Gasteiger partial charge in [0.15, 0.2) is 0 Å². The zero-order valence-corrected chi connectivity index (χ0v) is 12.8. The lowest BCUT2D eigenvalue weighted by Gasteiger charge is -2.31. The van der Waals surface area contributed by atoms with Crippen LogP contribution in [0.15, 0.2) is 18.2 Å². The number of aliphatic hydroxyl groups excluding tert-OH is 1. The van der Waals surface area contributed by atoms with Crippen molar-refractivity contribution in [1.82, 2.24) is 10.2 Å². The number of benzene rings is 1. The van der Waals surface area contributed by atoms with Crippen LogP contribution in [0.5, 0.6) is 0 Å². The maximum Gasteiger partial charge on any atom is 0.409 e. The number of hydrogen-bond acceptors (Lipinski definition) is 4. The van der Waals surface area contributed by atoms with Gasteiger partial charge in [0, 0.05) is 31.2 Å². The number of carbonyl (C=O) groups is 1. The van der Waals surface area contributed by atoms with Crippen LogP contribution < -0.4 is 5.32 Å². The molecule has 6 heteroatoms. The summed E-state index contributed by atoms with van der Waals surface area (Å²) in [5.74, 6) is -0.381. The van der Waals surface area contributed by atoms with E-state index in [2.05, 4.69) is 5.32 Å². The Morgan fingerprint density at radius 2 is 2.18 bits per heavy atom. The molecule has 2 rings (SSSR count). The van der Waals surface area contributed by atoms with Gasteiger partial charge in [0.1, 0.15) is 5.82 Å². The Balaban J connectivity index is 1.78. The average Bonchev–Trinajstić information content (AvgIpc) is 2.55. The van der Waals surface area contributed by atoms with E-state index in [0.29, 0.717) is 37.8 Å². The Labute approximate surface area is 130 Å². The van der Waals surface area contributed by atoms with E-state index in [-0.39, 0.29) is 18.5 Å². The first-order chi connectivity index (χ1) is 10.6. The van der Waals surface area contributed by atoms with Crippen molar-refractivity contribution in [2.24, 2.45) is 0 Å². The Kier molecular flexibility index (Phi) is 6.15. The molecule has 122 valence electrons. The van der Waals surface area contributed by atoms with Crippen LogP contribution in [-0.4, -0.2) is 41.8 Å². The number of carbonyl (C=O) groups excluding carboxylic acids is 1. The van der Waals surface area contributed by atoms with Gasteiger partial charge in [0.05, 0.1) is 13.2 Å². The van der Waals surface area contributed by atoms with E-state index in [1.54, 1.807) is 24.0 Å². The van der Waals surface area contributed by atoms with Crippen molar-refractivity contribution in [1.29, 1.82) is 0 Å². The Hall–Kier alpha value is -1.66. The van der Waals surface area contributed by atoms with Crippen LogP contribution in [0, 0.1) is 5.82 Å². The maximum absolute atomic E-state index is 13.3. The lowest BCUT2D eigenvalue weighted by Crippen LogP contribution is -2.44. The summed E-state index contributed by atoms with van der Waals surface area (Å²) in [4.78, 5) is 13.3. The van der Waals surface area contributed by atoms with Crippen LogP contribution in [0.1, 0.15) is 30.9 Å². The van der Waals surface area contributed by atoms with Crippen molar-refractivity contribution in [3.8, 4) is 0 Å². The second kappa shape index (κ2) is 8.10. The molecule has 0 aliphatic carbocycles. The predicted molar refractivity (Wildman–Crippen MR) is 80.8 cm³/mol. The van der Waals surface area contributed by atoms with Gasteiger partial charge in [-0.3, -0.25) is 0 Å². The molecule has 0 aromatic heterocycles. The van der Waals surface area contributed by atoms with Crippen molar-refractivity contribution in [3.05, 3.63) is 35.1 Å². The average molecular weight is 310 g/mol. The molecule has 1 heterocycles. The van der Waals surface area contributed by atoms with Gasteiger partial charge in [0.2, 0.25) is 0 Å². The topological polar surface area (TPSA) is 61.8 Å². The second-order valence-corrected chi connectivity index (χ2v) is 5.43. The highest BCUT2D eigenvalue weighted by molar-refractivity contribution is 5.67. The fraction of sp³-hybridized carbons (Fsp3) is 0.562. The number of aliphatic hydroxyl groups is 1. The number of rotatable bonds is 5. The number of nitrogens with zero attached hydrogens (tertiary/aromatic N) is 1. The number of likely N-dealkylation sites (tertiary alicyclic amines) is 1. The molecular formula is C16H23FN2O3. The third kappa shape index (κ3) is 4.42. The van der Waals surface area contributed by atoms with Gasteiger partial charge in [-0.05, 0) is 37.5 Å². The number of hydrogen-bond donors (Lipinski definition) is 2. The first kappa shape index (κ1) is 16.7. The summed E-state index contributed by atoms with van der Waals surface area (Å²) in [5, 5.41) is 12.5. The van der Waals surface area contributed by atoms with E-state index >= 15 is 0 Å². The molecule has 1 aliphatic rings. The van der Waals surface area contributed by atoms with Crippen LogP contribution in [0.2, 0.25) is 0 Å². The summed E-state index contributed by atoms with van der Waals surface area (Å²) in [5.41, 5.74) is 1.26. The molecular weight excluding hydrogens is 287 g/mol. The predicted octanol–water partition coefficient (Wildman–Crippen LogP) is 2.03. The molecule has 2 N–H and O–H groups in total. The molecule has 0 saturated carbocycles. The second-order valence-electron chi connectivity index (χ2n) is 5.43. The lowest BCUT2D eigenvalue weighted by molar-refractivity contribution is 0.0950. The molecule has 5 nitrogen and oxygen atoms in total. The zero-order chi connectivity index (χ0) is 15.9. The van der Waals surface area contributed by atoms with E-state index in [9.17, 15) is 9.18 Å². The lowest BCUT2D eigenvalue weighted by atomic mass is 10.0. The van der Waals surface area contributed by atoms with Crippen molar-refractivity contribution in [2.75, 3.05) is 19.7 Å². The van der Waals surface area contributed by atoms with Gasteiger partial charge in [-0.15, -0.1) is 0 Å². The molecule has 0 unspecified atom stereocenters. The van der Waals surface area contributed by atoms with E-state index < -0.39 is 0 Å². The molecule has 0 spiro atoms. The zero-order valence-electron chi connectivity index (χ0n) is 12.8. The van der Waals surface area contributed by atoms with E-state index in [1.165, 1.54) is 6.07 Å². The minimum absolute atomic E-state index is 0.243. The standard InChI is InChI=1S/C16H23FN2O3/c1-2-22-16(21)19-7-5-14(6-8-19)18-10-12-3-4-15(17)13(9-12)11-20/h3-4,9,14,18,20H,2,5-8,10-11H2,1H3. The highest BCUT2D eigenvalue weighted by Crippen LogP contribution is 2.14. The Morgan fingerprint density at radius 1 is 1.45 bits per heavy atom. The van der Waals surface area contributed by atoms with E-state index in [1.807, 2.05) is 0 Å². The van der Waals surface area contributed by atoms with Crippen LogP contribution in [-0.2, 0) is 17.9 Å². The molecule has 1 aromatic rings.